The van der Waals surface area contributed by atoms with Crippen LogP contribution in [0.15, 0.2) is 24.3 Å². The highest BCUT2D eigenvalue weighted by Crippen LogP contribution is 2.32. The predicted molar refractivity (Wildman–Crippen MR) is 109 cm³/mol. The molecule has 25 heavy (non-hydrogen) atoms. The highest BCUT2D eigenvalue weighted by atomic mass is 35.5. The molecule has 2 fully saturated rings. The molecule has 1 aliphatic heterocycles. The Balaban J connectivity index is 0.00000156. The highest BCUT2D eigenvalue weighted by Gasteiger charge is 2.32. The molecule has 0 bridgehead atoms. The average Bonchev–Trinajstić information content (AvgIpc) is 3.26. The lowest BCUT2D eigenvalue weighted by Gasteiger charge is -2.23. The lowest BCUT2D eigenvalue weighted by molar-refractivity contribution is -0.126. The summed E-state index contributed by atoms with van der Waals surface area (Å²) >= 11 is 0. The molecule has 4 nitrogen and oxygen atoms in total. The number of nitrogens with one attached hydrogen (secondary N) is 1. The van der Waals surface area contributed by atoms with Crippen LogP contribution in [0.25, 0.3) is 0 Å². The largest absolute Gasteiger partial charge is 0.372 e. The van der Waals surface area contributed by atoms with Gasteiger partial charge in [0.1, 0.15) is 0 Å². The minimum atomic E-state index is 0. The van der Waals surface area contributed by atoms with Crippen LogP contribution in [-0.4, -0.2) is 25.5 Å². The van der Waals surface area contributed by atoms with Crippen LogP contribution < -0.4 is 16.0 Å². The van der Waals surface area contributed by atoms with Crippen LogP contribution in [0.4, 0.5) is 5.69 Å². The SMILES string of the molecule is CC(NC(=O)[C@@H]1CCC[C@@H]1CN)c1cccc(N2CCCC2)c1.Cl.Cl. The summed E-state index contributed by atoms with van der Waals surface area (Å²) in [7, 11) is 0. The van der Waals surface area contributed by atoms with E-state index in [0.29, 0.717) is 12.5 Å². The van der Waals surface area contributed by atoms with E-state index >= 15 is 0 Å². The molecular formula is C19H31Cl2N3O. The zero-order chi connectivity index (χ0) is 16.2. The molecule has 1 aromatic rings. The van der Waals surface area contributed by atoms with Gasteiger partial charge in [0.25, 0.3) is 0 Å². The Morgan fingerprint density at radius 1 is 1.24 bits per heavy atom. The quantitative estimate of drug-likeness (QED) is 0.809. The number of nitrogens with zero attached hydrogens (tertiary/aromatic N) is 1. The van der Waals surface area contributed by atoms with Gasteiger partial charge < -0.3 is 16.0 Å². The Morgan fingerprint density at radius 2 is 1.96 bits per heavy atom. The van der Waals surface area contributed by atoms with E-state index in [-0.39, 0.29) is 42.7 Å². The Morgan fingerprint density at radius 3 is 2.64 bits per heavy atom. The number of carbonyl (C=O) groups is 1. The standard InChI is InChI=1S/C19H29N3O.2ClH/c1-14(21-19(23)18-9-5-7-16(18)13-20)15-6-4-8-17(12-15)22-10-2-3-11-22;;/h4,6,8,12,14,16,18H,2-3,5,7,9-11,13,20H2,1H3,(H,21,23);2*1H/t14?,16-,18-;;/m1../s1. The molecule has 2 aliphatic rings. The molecule has 1 aromatic carbocycles. The number of anilines is 1. The van der Waals surface area contributed by atoms with E-state index in [0.717, 1.165) is 32.4 Å². The molecule has 6 heteroatoms. The van der Waals surface area contributed by atoms with E-state index in [4.69, 9.17) is 5.73 Å². The molecule has 3 atom stereocenters. The molecule has 3 N–H and O–H groups in total. The van der Waals surface area contributed by atoms with Crippen LogP contribution in [0.3, 0.4) is 0 Å². The van der Waals surface area contributed by atoms with E-state index in [1.807, 2.05) is 0 Å². The van der Waals surface area contributed by atoms with Gasteiger partial charge in [0, 0.05) is 24.7 Å². The van der Waals surface area contributed by atoms with Gasteiger partial charge in [-0.1, -0.05) is 18.6 Å². The molecule has 3 rings (SSSR count). The minimum absolute atomic E-state index is 0. The topological polar surface area (TPSA) is 58.4 Å². The van der Waals surface area contributed by atoms with Gasteiger partial charge in [-0.3, -0.25) is 4.79 Å². The van der Waals surface area contributed by atoms with E-state index in [9.17, 15) is 4.79 Å². The molecule has 0 spiro atoms. The third-order valence-corrected chi connectivity index (χ3v) is 5.50. The molecule has 1 unspecified atom stereocenters. The summed E-state index contributed by atoms with van der Waals surface area (Å²) in [5.74, 6) is 0.638. The second-order valence-electron chi connectivity index (χ2n) is 7.05. The van der Waals surface area contributed by atoms with Gasteiger partial charge in [0.15, 0.2) is 0 Å². The van der Waals surface area contributed by atoms with Crippen LogP contribution in [0.2, 0.25) is 0 Å². The lowest BCUT2D eigenvalue weighted by atomic mass is 9.94. The number of hydrogen-bond acceptors (Lipinski definition) is 3. The van der Waals surface area contributed by atoms with Gasteiger partial charge in [0.2, 0.25) is 5.91 Å². The number of benzene rings is 1. The molecular weight excluding hydrogens is 357 g/mol. The molecule has 142 valence electrons. The van der Waals surface area contributed by atoms with Crippen LogP contribution in [0.1, 0.15) is 50.6 Å². The number of halogens is 2. The summed E-state index contributed by atoms with van der Waals surface area (Å²) in [6.45, 7) is 4.99. The van der Waals surface area contributed by atoms with Crippen molar-refractivity contribution in [3.8, 4) is 0 Å². The third-order valence-electron chi connectivity index (χ3n) is 5.50. The first-order valence-electron chi connectivity index (χ1n) is 9.04. The van der Waals surface area contributed by atoms with Crippen molar-refractivity contribution in [2.45, 2.75) is 45.1 Å². The Bertz CT molecular complexity index is 549. The second kappa shape index (κ2) is 10.2. The third kappa shape index (κ3) is 5.25. The first-order valence-corrected chi connectivity index (χ1v) is 9.04. The van der Waals surface area contributed by atoms with Crippen molar-refractivity contribution < 1.29 is 4.79 Å². The normalized spacial score (nSPS) is 23.5. The number of hydrogen-bond donors (Lipinski definition) is 2. The Kier molecular flexibility index (Phi) is 9.04. The molecule has 0 aromatic heterocycles. The molecule has 1 aliphatic carbocycles. The summed E-state index contributed by atoms with van der Waals surface area (Å²) in [6.07, 6.45) is 5.75. The lowest BCUT2D eigenvalue weighted by Crippen LogP contribution is -2.36. The van der Waals surface area contributed by atoms with Gasteiger partial charge in [0.05, 0.1) is 6.04 Å². The van der Waals surface area contributed by atoms with E-state index < -0.39 is 0 Å². The first-order chi connectivity index (χ1) is 11.2. The summed E-state index contributed by atoms with van der Waals surface area (Å²) in [6, 6.07) is 8.66. The summed E-state index contributed by atoms with van der Waals surface area (Å²) in [4.78, 5) is 15.0. The minimum Gasteiger partial charge on any atom is -0.372 e. The van der Waals surface area contributed by atoms with Crippen molar-refractivity contribution in [1.82, 2.24) is 5.32 Å². The number of carbonyl (C=O) groups excluding carboxylic acids is 1. The van der Waals surface area contributed by atoms with Gasteiger partial charge in [-0.2, -0.15) is 0 Å². The van der Waals surface area contributed by atoms with E-state index in [2.05, 4.69) is 41.4 Å². The maximum Gasteiger partial charge on any atom is 0.223 e. The Hall–Kier alpha value is -0.970. The van der Waals surface area contributed by atoms with E-state index in [1.54, 1.807) is 0 Å². The van der Waals surface area contributed by atoms with Gasteiger partial charge in [-0.15, -0.1) is 24.8 Å². The zero-order valence-electron chi connectivity index (χ0n) is 14.9. The summed E-state index contributed by atoms with van der Waals surface area (Å²) < 4.78 is 0. The van der Waals surface area contributed by atoms with Crippen molar-refractivity contribution in [3.63, 3.8) is 0 Å². The summed E-state index contributed by atoms with van der Waals surface area (Å²) in [5, 5.41) is 3.21. The fourth-order valence-electron chi connectivity index (χ4n) is 4.03. The van der Waals surface area contributed by atoms with Crippen LogP contribution in [0.5, 0.6) is 0 Å². The molecule has 1 saturated carbocycles. The predicted octanol–water partition coefficient (Wildman–Crippen LogP) is 3.68. The van der Waals surface area contributed by atoms with Gasteiger partial charge >= 0.3 is 0 Å². The van der Waals surface area contributed by atoms with Crippen molar-refractivity contribution in [1.29, 1.82) is 0 Å². The second-order valence-corrected chi connectivity index (χ2v) is 7.05. The fraction of sp³-hybridized carbons (Fsp3) is 0.632. The maximum absolute atomic E-state index is 12.6. The number of rotatable bonds is 5. The molecule has 1 amide bonds. The smallest absolute Gasteiger partial charge is 0.223 e. The highest BCUT2D eigenvalue weighted by molar-refractivity contribution is 5.85. The monoisotopic (exact) mass is 387 g/mol. The average molecular weight is 388 g/mol. The number of nitrogens with two attached hydrogens (primary N) is 1. The van der Waals surface area contributed by atoms with Crippen LogP contribution in [0, 0.1) is 11.8 Å². The first kappa shape index (κ1) is 22.1. The molecule has 1 saturated heterocycles. The van der Waals surface area contributed by atoms with Crippen molar-refractivity contribution in [2.24, 2.45) is 17.6 Å². The van der Waals surface area contributed by atoms with Crippen molar-refractivity contribution in [2.75, 3.05) is 24.5 Å². The zero-order valence-corrected chi connectivity index (χ0v) is 16.6. The van der Waals surface area contributed by atoms with Crippen LogP contribution >= 0.6 is 24.8 Å². The number of amides is 1. The molecule has 1 heterocycles. The maximum atomic E-state index is 12.6. The van der Waals surface area contributed by atoms with Gasteiger partial charge in [-0.25, -0.2) is 0 Å². The van der Waals surface area contributed by atoms with E-state index in [1.165, 1.54) is 24.1 Å². The molecule has 0 radical (unpaired) electrons. The van der Waals surface area contributed by atoms with Gasteiger partial charge in [-0.05, 0) is 62.8 Å². The fourth-order valence-corrected chi connectivity index (χ4v) is 4.03. The Labute approximate surface area is 163 Å². The van der Waals surface area contributed by atoms with Crippen molar-refractivity contribution >= 4 is 36.4 Å². The summed E-state index contributed by atoms with van der Waals surface area (Å²) in [5.41, 5.74) is 8.27. The van der Waals surface area contributed by atoms with Crippen LogP contribution in [-0.2, 0) is 4.79 Å². The van der Waals surface area contributed by atoms with Crippen molar-refractivity contribution in [3.05, 3.63) is 29.8 Å².